The first-order valence-electron chi connectivity index (χ1n) is 8.73. The molecule has 0 N–H and O–H groups in total. The molecule has 2 saturated heterocycles. The van der Waals surface area contributed by atoms with Crippen LogP contribution in [0.1, 0.15) is 47.0 Å². The summed E-state index contributed by atoms with van der Waals surface area (Å²) in [7, 11) is 0. The van der Waals surface area contributed by atoms with E-state index in [4.69, 9.17) is 0 Å². The zero-order valence-corrected chi connectivity index (χ0v) is 14.3. The molecular weight excluding hydrogens is 262 g/mol. The van der Waals surface area contributed by atoms with Crippen LogP contribution >= 0.6 is 0 Å². The molecule has 2 heterocycles. The van der Waals surface area contributed by atoms with Crippen LogP contribution in [0, 0.1) is 5.92 Å². The molecule has 122 valence electrons. The van der Waals surface area contributed by atoms with Gasteiger partial charge in [-0.3, -0.25) is 9.69 Å². The SMILES string of the molecule is CC(C)N1CCC(CC(=O)N2CCN(C(C)C)CC2)CC1. The Kier molecular flexibility index (Phi) is 6.06. The number of carbonyl (C=O) groups excluding carboxylic acids is 1. The van der Waals surface area contributed by atoms with Crippen molar-refractivity contribution in [2.45, 2.75) is 59.0 Å². The van der Waals surface area contributed by atoms with Crippen LogP contribution in [0.25, 0.3) is 0 Å². The molecule has 0 aromatic carbocycles. The third-order valence-corrected chi connectivity index (χ3v) is 5.24. The molecule has 0 saturated carbocycles. The van der Waals surface area contributed by atoms with Gasteiger partial charge in [0.05, 0.1) is 0 Å². The smallest absolute Gasteiger partial charge is 0.222 e. The molecule has 2 fully saturated rings. The van der Waals surface area contributed by atoms with Gasteiger partial charge < -0.3 is 9.80 Å². The van der Waals surface area contributed by atoms with Gasteiger partial charge in [-0.05, 0) is 59.5 Å². The molecule has 0 unspecified atom stereocenters. The van der Waals surface area contributed by atoms with E-state index in [2.05, 4.69) is 42.4 Å². The Morgan fingerprint density at radius 1 is 0.857 bits per heavy atom. The quantitative estimate of drug-likeness (QED) is 0.794. The van der Waals surface area contributed by atoms with E-state index in [0.717, 1.165) is 45.7 Å². The summed E-state index contributed by atoms with van der Waals surface area (Å²) in [5.74, 6) is 0.997. The van der Waals surface area contributed by atoms with Gasteiger partial charge in [-0.25, -0.2) is 0 Å². The first-order valence-corrected chi connectivity index (χ1v) is 8.73. The molecule has 2 rings (SSSR count). The second-order valence-electron chi connectivity index (χ2n) is 7.29. The fraction of sp³-hybridized carbons (Fsp3) is 0.941. The Bertz CT molecular complexity index is 327. The predicted octanol–water partition coefficient (Wildman–Crippen LogP) is 2.05. The van der Waals surface area contributed by atoms with E-state index in [9.17, 15) is 4.79 Å². The minimum Gasteiger partial charge on any atom is -0.340 e. The lowest BCUT2D eigenvalue weighted by atomic mass is 9.92. The van der Waals surface area contributed by atoms with Crippen LogP contribution in [0.4, 0.5) is 0 Å². The number of nitrogens with zero attached hydrogens (tertiary/aromatic N) is 3. The molecule has 4 heteroatoms. The maximum atomic E-state index is 12.5. The van der Waals surface area contributed by atoms with E-state index in [1.165, 1.54) is 12.8 Å². The number of amides is 1. The van der Waals surface area contributed by atoms with Crippen LogP contribution in [0.15, 0.2) is 0 Å². The molecule has 0 bridgehead atoms. The van der Waals surface area contributed by atoms with Crippen LogP contribution in [0.2, 0.25) is 0 Å². The highest BCUT2D eigenvalue weighted by Crippen LogP contribution is 2.23. The molecule has 1 amide bonds. The van der Waals surface area contributed by atoms with Crippen molar-refractivity contribution in [2.75, 3.05) is 39.3 Å². The summed E-state index contributed by atoms with van der Waals surface area (Å²) in [6.07, 6.45) is 3.15. The largest absolute Gasteiger partial charge is 0.340 e. The summed E-state index contributed by atoms with van der Waals surface area (Å²) >= 11 is 0. The average Bonchev–Trinajstić information content (AvgIpc) is 2.47. The third kappa shape index (κ3) is 4.68. The lowest BCUT2D eigenvalue weighted by Crippen LogP contribution is -2.51. The minimum absolute atomic E-state index is 0.390. The summed E-state index contributed by atoms with van der Waals surface area (Å²) in [5, 5.41) is 0. The van der Waals surface area contributed by atoms with E-state index in [1.807, 2.05) is 0 Å². The molecule has 0 aromatic heterocycles. The zero-order chi connectivity index (χ0) is 15.4. The van der Waals surface area contributed by atoms with Crippen LogP contribution in [-0.2, 0) is 4.79 Å². The topological polar surface area (TPSA) is 26.8 Å². The van der Waals surface area contributed by atoms with Gasteiger partial charge in [0.25, 0.3) is 0 Å². The Morgan fingerprint density at radius 3 is 1.81 bits per heavy atom. The minimum atomic E-state index is 0.390. The van der Waals surface area contributed by atoms with Crippen LogP contribution in [0.5, 0.6) is 0 Å². The third-order valence-electron chi connectivity index (χ3n) is 5.24. The molecule has 0 aromatic rings. The van der Waals surface area contributed by atoms with Crippen molar-refractivity contribution in [1.29, 1.82) is 0 Å². The Labute approximate surface area is 130 Å². The van der Waals surface area contributed by atoms with Crippen molar-refractivity contribution in [2.24, 2.45) is 5.92 Å². The van der Waals surface area contributed by atoms with Crippen LogP contribution in [-0.4, -0.2) is 72.0 Å². The molecule has 21 heavy (non-hydrogen) atoms. The van der Waals surface area contributed by atoms with Crippen molar-refractivity contribution >= 4 is 5.91 Å². The molecule has 0 atom stereocenters. The van der Waals surface area contributed by atoms with E-state index >= 15 is 0 Å². The Morgan fingerprint density at radius 2 is 1.33 bits per heavy atom. The predicted molar refractivity (Wildman–Crippen MR) is 87.3 cm³/mol. The first-order chi connectivity index (χ1) is 9.97. The van der Waals surface area contributed by atoms with Gasteiger partial charge in [0.1, 0.15) is 0 Å². The molecule has 4 nitrogen and oxygen atoms in total. The van der Waals surface area contributed by atoms with Gasteiger partial charge in [0.2, 0.25) is 5.91 Å². The molecule has 2 aliphatic rings. The number of hydrogen-bond donors (Lipinski definition) is 0. The highest BCUT2D eigenvalue weighted by atomic mass is 16.2. The van der Waals surface area contributed by atoms with Crippen molar-refractivity contribution in [3.05, 3.63) is 0 Å². The van der Waals surface area contributed by atoms with E-state index in [0.29, 0.717) is 23.9 Å². The highest BCUT2D eigenvalue weighted by molar-refractivity contribution is 5.76. The number of piperidine rings is 1. The van der Waals surface area contributed by atoms with Crippen LogP contribution in [0.3, 0.4) is 0 Å². The zero-order valence-electron chi connectivity index (χ0n) is 14.3. The van der Waals surface area contributed by atoms with Gasteiger partial charge in [0.15, 0.2) is 0 Å². The number of carbonyl (C=O) groups is 1. The van der Waals surface area contributed by atoms with Gasteiger partial charge in [-0.15, -0.1) is 0 Å². The fourth-order valence-corrected chi connectivity index (χ4v) is 3.54. The second-order valence-corrected chi connectivity index (χ2v) is 7.29. The van der Waals surface area contributed by atoms with Crippen molar-refractivity contribution in [3.63, 3.8) is 0 Å². The van der Waals surface area contributed by atoms with Crippen molar-refractivity contribution in [1.82, 2.24) is 14.7 Å². The fourth-order valence-electron chi connectivity index (χ4n) is 3.54. The number of piperazine rings is 1. The van der Waals surface area contributed by atoms with E-state index in [-0.39, 0.29) is 0 Å². The summed E-state index contributed by atoms with van der Waals surface area (Å²) in [5.41, 5.74) is 0. The van der Waals surface area contributed by atoms with Crippen molar-refractivity contribution in [3.8, 4) is 0 Å². The van der Waals surface area contributed by atoms with E-state index in [1.54, 1.807) is 0 Å². The van der Waals surface area contributed by atoms with E-state index < -0.39 is 0 Å². The van der Waals surface area contributed by atoms with Gasteiger partial charge in [-0.2, -0.15) is 0 Å². The summed E-state index contributed by atoms with van der Waals surface area (Å²) in [6, 6.07) is 1.24. The van der Waals surface area contributed by atoms with Gasteiger partial charge in [-0.1, -0.05) is 0 Å². The monoisotopic (exact) mass is 295 g/mol. The standard InChI is InChI=1S/C17H33N3O/c1-14(2)18-7-5-16(6-8-18)13-17(21)20-11-9-19(10-12-20)15(3)4/h14-16H,5-13H2,1-4H3. The maximum Gasteiger partial charge on any atom is 0.222 e. The van der Waals surface area contributed by atoms with Gasteiger partial charge in [0, 0.05) is 44.7 Å². The molecule has 0 aliphatic carbocycles. The number of hydrogen-bond acceptors (Lipinski definition) is 3. The van der Waals surface area contributed by atoms with Crippen LogP contribution < -0.4 is 0 Å². The summed E-state index contributed by atoms with van der Waals surface area (Å²) in [6.45, 7) is 15.2. The Balaban J connectivity index is 1.71. The second kappa shape index (κ2) is 7.59. The average molecular weight is 295 g/mol. The first kappa shape index (κ1) is 16.8. The Hall–Kier alpha value is -0.610. The summed E-state index contributed by atoms with van der Waals surface area (Å²) < 4.78 is 0. The number of likely N-dealkylation sites (tertiary alicyclic amines) is 1. The molecule has 0 spiro atoms. The maximum absolute atomic E-state index is 12.5. The highest BCUT2D eigenvalue weighted by Gasteiger charge is 2.27. The summed E-state index contributed by atoms with van der Waals surface area (Å²) in [4.78, 5) is 19.5. The number of rotatable bonds is 4. The molecule has 2 aliphatic heterocycles. The molecular formula is C17H33N3O. The molecule has 0 radical (unpaired) electrons. The van der Waals surface area contributed by atoms with Gasteiger partial charge >= 0.3 is 0 Å². The normalized spacial score (nSPS) is 23.2. The van der Waals surface area contributed by atoms with Crippen molar-refractivity contribution < 1.29 is 4.79 Å². The lowest BCUT2D eigenvalue weighted by Gasteiger charge is -2.38. The lowest BCUT2D eigenvalue weighted by molar-refractivity contribution is -0.134.